The minimum atomic E-state index is -0.0279. The van der Waals surface area contributed by atoms with E-state index < -0.39 is 0 Å². The number of carbonyl (C=O) groups is 1. The quantitative estimate of drug-likeness (QED) is 0.773. The molecule has 1 aromatic heterocycles. The monoisotopic (exact) mass is 329 g/mol. The number of ketones is 1. The summed E-state index contributed by atoms with van der Waals surface area (Å²) < 4.78 is 7.98. The predicted molar refractivity (Wildman–Crippen MR) is 76.4 cm³/mol. The van der Waals surface area contributed by atoms with Crippen LogP contribution in [-0.2, 0) is 11.3 Å². The van der Waals surface area contributed by atoms with Gasteiger partial charge in [0.25, 0.3) is 0 Å². The number of likely N-dealkylation sites (N-methyl/N-ethyl adjacent to an activating group) is 1. The Morgan fingerprint density at radius 3 is 3.05 bits per heavy atom. The number of ether oxygens (including phenoxy) is 1. The van der Waals surface area contributed by atoms with E-state index in [0.29, 0.717) is 18.8 Å². The van der Waals surface area contributed by atoms with Crippen LogP contribution in [0.25, 0.3) is 0 Å². The summed E-state index contributed by atoms with van der Waals surface area (Å²) in [5.74, 6) is 0.114. The molecule has 0 bridgehead atoms. The van der Waals surface area contributed by atoms with Gasteiger partial charge in [0.1, 0.15) is 5.69 Å². The van der Waals surface area contributed by atoms with Gasteiger partial charge in [-0.2, -0.15) is 5.10 Å². The maximum atomic E-state index is 12.6. The molecule has 0 saturated carbocycles. The molecule has 1 saturated heterocycles. The number of hydrogen-bond donors (Lipinski definition) is 0. The molecule has 1 atom stereocenters. The number of halogens is 1. The zero-order valence-corrected chi connectivity index (χ0v) is 13.0. The molecule has 1 fully saturated rings. The Kier molecular flexibility index (Phi) is 5.13. The maximum Gasteiger partial charge on any atom is 0.187 e. The standard InChI is InChI=1S/C13H20BrN3O2/c1-16(2)5-6-17-12(11(14)8-15-17)13(18)10-4-3-7-19-9-10/h8,10H,3-7,9H2,1-2H3. The van der Waals surface area contributed by atoms with Gasteiger partial charge in [-0.25, -0.2) is 0 Å². The molecule has 0 spiro atoms. The Balaban J connectivity index is 2.13. The molecule has 1 aromatic rings. The third-order valence-corrected chi connectivity index (χ3v) is 3.90. The second-order valence-electron chi connectivity index (χ2n) is 5.15. The predicted octanol–water partition coefficient (Wildman–Crippen LogP) is 1.82. The molecular formula is C13H20BrN3O2. The molecule has 1 aliphatic rings. The second kappa shape index (κ2) is 6.63. The fourth-order valence-electron chi connectivity index (χ4n) is 2.21. The van der Waals surface area contributed by atoms with Gasteiger partial charge in [-0.05, 0) is 42.9 Å². The van der Waals surface area contributed by atoms with Crippen molar-refractivity contribution in [2.75, 3.05) is 33.9 Å². The van der Waals surface area contributed by atoms with Gasteiger partial charge in [0.15, 0.2) is 5.78 Å². The van der Waals surface area contributed by atoms with Crippen molar-refractivity contribution in [2.45, 2.75) is 19.4 Å². The highest BCUT2D eigenvalue weighted by atomic mass is 79.9. The van der Waals surface area contributed by atoms with Gasteiger partial charge in [0, 0.05) is 19.1 Å². The van der Waals surface area contributed by atoms with E-state index >= 15 is 0 Å². The molecular weight excluding hydrogens is 310 g/mol. The number of Topliss-reactive ketones (excluding diaryl/α,β-unsaturated/α-hetero) is 1. The third-order valence-electron chi connectivity index (χ3n) is 3.32. The molecule has 0 N–H and O–H groups in total. The van der Waals surface area contributed by atoms with Crippen LogP contribution in [0.15, 0.2) is 10.7 Å². The Labute approximate surface area is 122 Å². The van der Waals surface area contributed by atoms with Crippen molar-refractivity contribution in [2.24, 2.45) is 5.92 Å². The SMILES string of the molecule is CN(C)CCn1ncc(Br)c1C(=O)C1CCCOC1. The number of hydrogen-bond acceptors (Lipinski definition) is 4. The van der Waals surface area contributed by atoms with Crippen molar-refractivity contribution >= 4 is 21.7 Å². The van der Waals surface area contributed by atoms with E-state index in [0.717, 1.165) is 30.5 Å². The van der Waals surface area contributed by atoms with Gasteiger partial charge in [-0.3, -0.25) is 9.48 Å². The van der Waals surface area contributed by atoms with Gasteiger partial charge >= 0.3 is 0 Å². The van der Waals surface area contributed by atoms with Crippen LogP contribution in [0.3, 0.4) is 0 Å². The Morgan fingerprint density at radius 1 is 1.63 bits per heavy atom. The molecule has 6 heteroatoms. The molecule has 0 amide bonds. The van der Waals surface area contributed by atoms with Crippen molar-refractivity contribution in [1.29, 1.82) is 0 Å². The first-order valence-corrected chi connectivity index (χ1v) is 7.37. The minimum Gasteiger partial charge on any atom is -0.381 e. The number of nitrogens with zero attached hydrogens (tertiary/aromatic N) is 3. The first-order valence-electron chi connectivity index (χ1n) is 6.57. The lowest BCUT2D eigenvalue weighted by molar-refractivity contribution is 0.0453. The Morgan fingerprint density at radius 2 is 2.42 bits per heavy atom. The normalized spacial score (nSPS) is 19.9. The molecule has 19 heavy (non-hydrogen) atoms. The van der Waals surface area contributed by atoms with Gasteiger partial charge in [-0.15, -0.1) is 0 Å². The van der Waals surface area contributed by atoms with Crippen molar-refractivity contribution in [1.82, 2.24) is 14.7 Å². The highest BCUT2D eigenvalue weighted by Crippen LogP contribution is 2.24. The number of aromatic nitrogens is 2. The first kappa shape index (κ1) is 14.7. The minimum absolute atomic E-state index is 0.0279. The first-order chi connectivity index (χ1) is 9.09. The topological polar surface area (TPSA) is 47.4 Å². The smallest absolute Gasteiger partial charge is 0.187 e. The van der Waals surface area contributed by atoms with Crippen LogP contribution in [0, 0.1) is 5.92 Å². The van der Waals surface area contributed by atoms with Crippen LogP contribution in [0.4, 0.5) is 0 Å². The van der Waals surface area contributed by atoms with E-state index in [1.54, 1.807) is 10.9 Å². The number of carbonyl (C=O) groups excluding carboxylic acids is 1. The highest BCUT2D eigenvalue weighted by molar-refractivity contribution is 9.10. The van der Waals surface area contributed by atoms with E-state index in [9.17, 15) is 4.79 Å². The lowest BCUT2D eigenvalue weighted by atomic mass is 9.95. The van der Waals surface area contributed by atoms with Crippen LogP contribution < -0.4 is 0 Å². The van der Waals surface area contributed by atoms with E-state index in [1.807, 2.05) is 14.1 Å². The third kappa shape index (κ3) is 3.64. The van der Waals surface area contributed by atoms with Gasteiger partial charge in [0.2, 0.25) is 0 Å². The van der Waals surface area contributed by atoms with Crippen LogP contribution in [0.1, 0.15) is 23.3 Å². The molecule has 5 nitrogen and oxygen atoms in total. The molecule has 106 valence electrons. The summed E-state index contributed by atoms with van der Waals surface area (Å²) >= 11 is 3.43. The summed E-state index contributed by atoms with van der Waals surface area (Å²) in [5.41, 5.74) is 0.678. The average Bonchev–Trinajstić information content (AvgIpc) is 2.78. The molecule has 2 rings (SSSR count). The molecule has 0 radical (unpaired) electrons. The molecule has 0 aliphatic carbocycles. The fraction of sp³-hybridized carbons (Fsp3) is 0.692. The Bertz CT molecular complexity index is 439. The molecule has 0 aromatic carbocycles. The van der Waals surface area contributed by atoms with Crippen molar-refractivity contribution in [3.05, 3.63) is 16.4 Å². The molecule has 1 unspecified atom stereocenters. The van der Waals surface area contributed by atoms with Gasteiger partial charge < -0.3 is 9.64 Å². The van der Waals surface area contributed by atoms with Crippen LogP contribution in [0.5, 0.6) is 0 Å². The molecule has 2 heterocycles. The summed E-state index contributed by atoms with van der Waals surface area (Å²) in [5, 5.41) is 4.29. The second-order valence-corrected chi connectivity index (χ2v) is 6.00. The summed E-state index contributed by atoms with van der Waals surface area (Å²) in [6.07, 6.45) is 3.57. The van der Waals surface area contributed by atoms with Crippen LogP contribution in [0.2, 0.25) is 0 Å². The van der Waals surface area contributed by atoms with Gasteiger partial charge in [0.05, 0.1) is 23.8 Å². The zero-order valence-electron chi connectivity index (χ0n) is 11.4. The highest BCUT2D eigenvalue weighted by Gasteiger charge is 2.27. The molecule has 1 aliphatic heterocycles. The van der Waals surface area contributed by atoms with Crippen molar-refractivity contribution < 1.29 is 9.53 Å². The Hall–Kier alpha value is -0.720. The lowest BCUT2D eigenvalue weighted by Crippen LogP contribution is -2.28. The van der Waals surface area contributed by atoms with Gasteiger partial charge in [-0.1, -0.05) is 0 Å². The lowest BCUT2D eigenvalue weighted by Gasteiger charge is -2.21. The largest absolute Gasteiger partial charge is 0.381 e. The van der Waals surface area contributed by atoms with E-state index in [4.69, 9.17) is 4.74 Å². The number of rotatable bonds is 5. The van der Waals surface area contributed by atoms with Crippen LogP contribution >= 0.6 is 15.9 Å². The summed E-state index contributed by atoms with van der Waals surface area (Å²) in [6, 6.07) is 0. The van der Waals surface area contributed by atoms with E-state index in [2.05, 4.69) is 25.9 Å². The van der Waals surface area contributed by atoms with E-state index in [1.165, 1.54) is 0 Å². The maximum absolute atomic E-state index is 12.6. The van der Waals surface area contributed by atoms with Crippen molar-refractivity contribution in [3.63, 3.8) is 0 Å². The summed E-state index contributed by atoms with van der Waals surface area (Å²) in [6.45, 7) is 2.87. The van der Waals surface area contributed by atoms with Crippen LogP contribution in [-0.4, -0.2) is 54.3 Å². The van der Waals surface area contributed by atoms with E-state index in [-0.39, 0.29) is 11.7 Å². The zero-order chi connectivity index (χ0) is 13.8. The van der Waals surface area contributed by atoms with Crippen molar-refractivity contribution in [3.8, 4) is 0 Å². The average molecular weight is 330 g/mol. The summed E-state index contributed by atoms with van der Waals surface area (Å²) in [4.78, 5) is 14.6. The summed E-state index contributed by atoms with van der Waals surface area (Å²) in [7, 11) is 4.02. The fourth-order valence-corrected chi connectivity index (χ4v) is 2.70.